The van der Waals surface area contributed by atoms with Gasteiger partial charge in [0, 0.05) is 11.9 Å². The average molecular weight is 288 g/mol. The number of fused-ring (bicyclic) bond motifs is 1. The predicted octanol–water partition coefficient (Wildman–Crippen LogP) is 2.43. The molecule has 0 saturated carbocycles. The first-order chi connectivity index (χ1) is 10.2. The van der Waals surface area contributed by atoms with Crippen LogP contribution in [0.4, 0.5) is 11.8 Å². The van der Waals surface area contributed by atoms with Crippen molar-refractivity contribution in [2.45, 2.75) is 26.3 Å². The number of rotatable bonds is 6. The third kappa shape index (κ3) is 3.59. The largest absolute Gasteiger partial charge is 0.467 e. The first-order valence-electron chi connectivity index (χ1n) is 7.00. The molecule has 6 nitrogen and oxygen atoms in total. The lowest BCUT2D eigenvalue weighted by molar-refractivity contribution is -0.141. The van der Waals surface area contributed by atoms with Gasteiger partial charge in [-0.2, -0.15) is 4.98 Å². The standard InChI is InChI=1S/C15H20N4O2/c1-4-9-16-15-18-12-8-6-5-7-11(12)13(19-15)17-10(2)14(20)21-3/h5-8,10H,4,9H2,1-3H3,(H2,16,17,18,19). The van der Waals surface area contributed by atoms with Gasteiger partial charge >= 0.3 is 5.97 Å². The van der Waals surface area contributed by atoms with Gasteiger partial charge in [-0.25, -0.2) is 9.78 Å². The topological polar surface area (TPSA) is 76.1 Å². The number of nitrogens with one attached hydrogen (secondary N) is 2. The molecule has 1 aromatic carbocycles. The summed E-state index contributed by atoms with van der Waals surface area (Å²) in [5.41, 5.74) is 0.825. The summed E-state index contributed by atoms with van der Waals surface area (Å²) in [6, 6.07) is 7.20. The molecule has 112 valence electrons. The van der Waals surface area contributed by atoms with Crippen molar-refractivity contribution in [1.82, 2.24) is 9.97 Å². The maximum absolute atomic E-state index is 11.6. The van der Waals surface area contributed by atoms with E-state index in [2.05, 4.69) is 27.5 Å². The summed E-state index contributed by atoms with van der Waals surface area (Å²) in [6.45, 7) is 4.61. The Balaban J connectivity index is 2.37. The van der Waals surface area contributed by atoms with Crippen molar-refractivity contribution in [3.63, 3.8) is 0 Å². The van der Waals surface area contributed by atoms with Crippen LogP contribution in [0, 0.1) is 0 Å². The SMILES string of the molecule is CCCNc1nc(NC(C)C(=O)OC)c2ccccc2n1. The number of esters is 1. The van der Waals surface area contributed by atoms with Crippen molar-refractivity contribution in [3.05, 3.63) is 24.3 Å². The fraction of sp³-hybridized carbons (Fsp3) is 0.400. The molecule has 0 spiro atoms. The molecule has 0 fully saturated rings. The maximum atomic E-state index is 11.6. The highest BCUT2D eigenvalue weighted by Gasteiger charge is 2.15. The van der Waals surface area contributed by atoms with Gasteiger partial charge in [0.15, 0.2) is 0 Å². The normalized spacial score (nSPS) is 12.0. The van der Waals surface area contributed by atoms with Gasteiger partial charge < -0.3 is 15.4 Å². The van der Waals surface area contributed by atoms with Gasteiger partial charge in [-0.05, 0) is 25.5 Å². The molecule has 0 aliphatic heterocycles. The lowest BCUT2D eigenvalue weighted by atomic mass is 10.2. The lowest BCUT2D eigenvalue weighted by Crippen LogP contribution is -2.28. The molecule has 2 aromatic rings. The Labute approximate surface area is 123 Å². The number of anilines is 2. The van der Waals surface area contributed by atoms with E-state index in [1.807, 2.05) is 24.3 Å². The van der Waals surface area contributed by atoms with Gasteiger partial charge in [-0.15, -0.1) is 0 Å². The molecule has 0 radical (unpaired) electrons. The zero-order valence-electron chi connectivity index (χ0n) is 12.5. The predicted molar refractivity (Wildman–Crippen MR) is 83.4 cm³/mol. The maximum Gasteiger partial charge on any atom is 0.328 e. The van der Waals surface area contributed by atoms with Crippen molar-refractivity contribution < 1.29 is 9.53 Å². The number of methoxy groups -OCH3 is 1. The highest BCUT2D eigenvalue weighted by molar-refractivity contribution is 5.91. The Morgan fingerprint density at radius 1 is 1.33 bits per heavy atom. The number of ether oxygens (including phenoxy) is 1. The highest BCUT2D eigenvalue weighted by Crippen LogP contribution is 2.22. The number of hydrogen-bond acceptors (Lipinski definition) is 6. The molecule has 1 atom stereocenters. The van der Waals surface area contributed by atoms with Gasteiger partial charge in [0.25, 0.3) is 0 Å². The Kier molecular flexibility index (Phi) is 4.92. The monoisotopic (exact) mass is 288 g/mol. The Morgan fingerprint density at radius 2 is 2.10 bits per heavy atom. The number of carbonyl (C=O) groups is 1. The van der Waals surface area contributed by atoms with Crippen molar-refractivity contribution in [1.29, 1.82) is 0 Å². The van der Waals surface area contributed by atoms with Crippen LogP contribution in [-0.4, -0.2) is 35.6 Å². The van der Waals surface area contributed by atoms with E-state index in [-0.39, 0.29) is 5.97 Å². The van der Waals surface area contributed by atoms with Gasteiger partial charge in [-0.1, -0.05) is 19.1 Å². The van der Waals surface area contributed by atoms with Crippen LogP contribution in [0.2, 0.25) is 0 Å². The van der Waals surface area contributed by atoms with Gasteiger partial charge in [-0.3, -0.25) is 0 Å². The summed E-state index contributed by atoms with van der Waals surface area (Å²) in [5.74, 6) is 0.841. The Morgan fingerprint density at radius 3 is 2.81 bits per heavy atom. The molecule has 0 bridgehead atoms. The smallest absolute Gasteiger partial charge is 0.328 e. The quantitative estimate of drug-likeness (QED) is 0.795. The first kappa shape index (κ1) is 15.0. The second-order valence-electron chi connectivity index (χ2n) is 4.73. The van der Waals surface area contributed by atoms with Crippen LogP contribution in [0.5, 0.6) is 0 Å². The molecule has 0 saturated heterocycles. The summed E-state index contributed by atoms with van der Waals surface area (Å²) in [4.78, 5) is 20.5. The summed E-state index contributed by atoms with van der Waals surface area (Å²) in [5, 5.41) is 7.12. The molecule has 1 aromatic heterocycles. The number of carbonyl (C=O) groups excluding carboxylic acids is 1. The highest BCUT2D eigenvalue weighted by atomic mass is 16.5. The summed E-state index contributed by atoms with van der Waals surface area (Å²) < 4.78 is 4.73. The molecule has 0 aliphatic carbocycles. The van der Waals surface area contributed by atoms with Crippen LogP contribution >= 0.6 is 0 Å². The van der Waals surface area contributed by atoms with E-state index in [1.165, 1.54) is 7.11 Å². The summed E-state index contributed by atoms with van der Waals surface area (Å²) >= 11 is 0. The Bertz CT molecular complexity index is 630. The molecule has 1 heterocycles. The van der Waals surface area contributed by atoms with Crippen LogP contribution in [-0.2, 0) is 9.53 Å². The minimum absolute atomic E-state index is 0.333. The second-order valence-corrected chi connectivity index (χ2v) is 4.73. The number of hydrogen-bond donors (Lipinski definition) is 2. The van der Waals surface area contributed by atoms with E-state index in [0.717, 1.165) is 23.9 Å². The van der Waals surface area contributed by atoms with Crippen LogP contribution in [0.25, 0.3) is 10.9 Å². The second kappa shape index (κ2) is 6.88. The zero-order chi connectivity index (χ0) is 15.2. The molecule has 2 rings (SSSR count). The number of para-hydroxylation sites is 1. The van der Waals surface area contributed by atoms with E-state index in [4.69, 9.17) is 4.74 Å². The van der Waals surface area contributed by atoms with E-state index in [9.17, 15) is 4.79 Å². The first-order valence-corrected chi connectivity index (χ1v) is 7.00. The average Bonchev–Trinajstić information content (AvgIpc) is 2.52. The van der Waals surface area contributed by atoms with Gasteiger partial charge in [0.05, 0.1) is 12.6 Å². The fourth-order valence-corrected chi connectivity index (χ4v) is 1.94. The third-order valence-corrected chi connectivity index (χ3v) is 3.04. The molecular weight excluding hydrogens is 268 g/mol. The van der Waals surface area contributed by atoms with E-state index in [1.54, 1.807) is 6.92 Å². The van der Waals surface area contributed by atoms with Crippen molar-refractivity contribution in [3.8, 4) is 0 Å². The van der Waals surface area contributed by atoms with Gasteiger partial charge in [0.1, 0.15) is 11.9 Å². The number of benzene rings is 1. The molecule has 6 heteroatoms. The molecule has 21 heavy (non-hydrogen) atoms. The lowest BCUT2D eigenvalue weighted by Gasteiger charge is -2.15. The summed E-state index contributed by atoms with van der Waals surface area (Å²) in [7, 11) is 1.37. The molecule has 0 amide bonds. The van der Waals surface area contributed by atoms with Gasteiger partial charge in [0.2, 0.25) is 5.95 Å². The minimum atomic E-state index is -0.479. The van der Waals surface area contributed by atoms with Crippen LogP contribution in [0.15, 0.2) is 24.3 Å². The minimum Gasteiger partial charge on any atom is -0.467 e. The van der Waals surface area contributed by atoms with Crippen molar-refractivity contribution in [2.24, 2.45) is 0 Å². The van der Waals surface area contributed by atoms with E-state index < -0.39 is 6.04 Å². The fourth-order valence-electron chi connectivity index (χ4n) is 1.94. The molecule has 1 unspecified atom stereocenters. The van der Waals surface area contributed by atoms with Crippen LogP contribution in [0.1, 0.15) is 20.3 Å². The zero-order valence-corrected chi connectivity index (χ0v) is 12.5. The number of aromatic nitrogens is 2. The van der Waals surface area contributed by atoms with Crippen LogP contribution < -0.4 is 10.6 Å². The van der Waals surface area contributed by atoms with Crippen molar-refractivity contribution >= 4 is 28.6 Å². The molecular formula is C15H20N4O2. The van der Waals surface area contributed by atoms with Crippen molar-refractivity contribution in [2.75, 3.05) is 24.3 Å². The van der Waals surface area contributed by atoms with Crippen LogP contribution in [0.3, 0.4) is 0 Å². The molecule has 2 N–H and O–H groups in total. The summed E-state index contributed by atoms with van der Waals surface area (Å²) in [6.07, 6.45) is 0.984. The molecule has 0 aliphatic rings. The number of nitrogens with zero attached hydrogens (tertiary/aromatic N) is 2. The Hall–Kier alpha value is -2.37. The van der Waals surface area contributed by atoms with E-state index >= 15 is 0 Å². The third-order valence-electron chi connectivity index (χ3n) is 3.04. The van der Waals surface area contributed by atoms with E-state index in [0.29, 0.717) is 11.8 Å².